The summed E-state index contributed by atoms with van der Waals surface area (Å²) in [5.41, 5.74) is 0.442. The zero-order valence-corrected chi connectivity index (χ0v) is 14.1. The monoisotopic (exact) mass is 414 g/mol. The molecular formula is C12H16ClIN2O2S. The van der Waals surface area contributed by atoms with Crippen molar-refractivity contribution in [2.75, 3.05) is 17.0 Å². The first-order valence-corrected chi connectivity index (χ1v) is 9.26. The molecule has 19 heavy (non-hydrogen) atoms. The summed E-state index contributed by atoms with van der Waals surface area (Å²) in [6.45, 7) is 0.893. The molecule has 0 aliphatic carbocycles. The number of halogens is 2. The average Bonchev–Trinajstić information content (AvgIpc) is 2.33. The van der Waals surface area contributed by atoms with E-state index in [-0.39, 0.29) is 11.8 Å². The van der Waals surface area contributed by atoms with Gasteiger partial charge in [0.2, 0.25) is 10.0 Å². The van der Waals surface area contributed by atoms with Gasteiger partial charge in [0.25, 0.3) is 0 Å². The predicted molar refractivity (Wildman–Crippen MR) is 87.2 cm³/mol. The lowest BCUT2D eigenvalue weighted by Gasteiger charge is -2.23. The second-order valence-corrected chi connectivity index (χ2v) is 8.07. The van der Waals surface area contributed by atoms with E-state index in [4.69, 9.17) is 11.6 Å². The molecule has 1 aliphatic rings. The third-order valence-corrected chi connectivity index (χ3v) is 5.39. The molecule has 0 bridgehead atoms. The van der Waals surface area contributed by atoms with Crippen LogP contribution in [0.1, 0.15) is 19.3 Å². The molecular weight excluding hydrogens is 399 g/mol. The SMILES string of the molecule is O=S(=O)(CC1CCCCN1)Nc1ccc(I)cc1Cl. The van der Waals surface area contributed by atoms with Crippen molar-refractivity contribution < 1.29 is 8.42 Å². The van der Waals surface area contributed by atoms with Crippen LogP contribution in [-0.4, -0.2) is 26.8 Å². The zero-order valence-electron chi connectivity index (χ0n) is 10.3. The van der Waals surface area contributed by atoms with E-state index in [0.717, 1.165) is 29.4 Å². The highest BCUT2D eigenvalue weighted by atomic mass is 127. The summed E-state index contributed by atoms with van der Waals surface area (Å²) in [6.07, 6.45) is 3.10. The summed E-state index contributed by atoms with van der Waals surface area (Å²) >= 11 is 8.16. The molecule has 1 aromatic carbocycles. The molecule has 1 saturated heterocycles. The first-order valence-electron chi connectivity index (χ1n) is 6.15. The highest BCUT2D eigenvalue weighted by Crippen LogP contribution is 2.25. The van der Waals surface area contributed by atoms with Gasteiger partial charge in [-0.25, -0.2) is 8.42 Å². The Morgan fingerprint density at radius 3 is 2.84 bits per heavy atom. The topological polar surface area (TPSA) is 58.2 Å². The van der Waals surface area contributed by atoms with Gasteiger partial charge in [-0.05, 0) is 60.2 Å². The Labute approximate surface area is 132 Å². The Hall–Kier alpha value is -0.0500. The maximum absolute atomic E-state index is 12.1. The molecule has 2 N–H and O–H groups in total. The van der Waals surface area contributed by atoms with Gasteiger partial charge in [-0.1, -0.05) is 18.0 Å². The molecule has 1 heterocycles. The molecule has 7 heteroatoms. The van der Waals surface area contributed by atoms with Crippen molar-refractivity contribution >= 4 is 49.9 Å². The van der Waals surface area contributed by atoms with Crippen molar-refractivity contribution in [3.05, 3.63) is 26.8 Å². The maximum atomic E-state index is 12.1. The largest absolute Gasteiger partial charge is 0.313 e. The normalized spacial score (nSPS) is 20.2. The van der Waals surface area contributed by atoms with E-state index in [1.165, 1.54) is 0 Å². The van der Waals surface area contributed by atoms with Crippen molar-refractivity contribution in [2.45, 2.75) is 25.3 Å². The minimum Gasteiger partial charge on any atom is -0.313 e. The first-order chi connectivity index (χ1) is 8.96. The van der Waals surface area contributed by atoms with E-state index >= 15 is 0 Å². The summed E-state index contributed by atoms with van der Waals surface area (Å²) in [4.78, 5) is 0. The molecule has 0 aromatic heterocycles. The molecule has 1 fully saturated rings. The summed E-state index contributed by atoms with van der Waals surface area (Å²) in [5, 5.41) is 3.65. The lowest BCUT2D eigenvalue weighted by Crippen LogP contribution is -2.40. The molecule has 1 atom stereocenters. The number of rotatable bonds is 4. The molecule has 1 aliphatic heterocycles. The summed E-state index contributed by atoms with van der Waals surface area (Å²) in [7, 11) is -3.37. The molecule has 0 saturated carbocycles. The van der Waals surface area contributed by atoms with Crippen molar-refractivity contribution in [3.63, 3.8) is 0 Å². The van der Waals surface area contributed by atoms with Crippen molar-refractivity contribution in [1.82, 2.24) is 5.32 Å². The second-order valence-electron chi connectivity index (χ2n) is 4.65. The molecule has 0 spiro atoms. The molecule has 1 aromatic rings. The van der Waals surface area contributed by atoms with E-state index in [1.54, 1.807) is 12.1 Å². The third kappa shape index (κ3) is 4.77. The Kier molecular flexibility index (Phi) is 5.33. The minimum absolute atomic E-state index is 0.0360. The lowest BCUT2D eigenvalue weighted by atomic mass is 10.1. The second kappa shape index (κ2) is 6.60. The standard InChI is InChI=1S/C12H16ClIN2O2S/c13-11-7-9(14)4-5-12(11)16-19(17,18)8-10-3-1-2-6-15-10/h4-5,7,10,15-16H,1-3,6,8H2. The number of nitrogens with one attached hydrogen (secondary N) is 2. The Morgan fingerprint density at radius 2 is 2.21 bits per heavy atom. The zero-order chi connectivity index (χ0) is 13.9. The van der Waals surface area contributed by atoms with Gasteiger partial charge in [-0.2, -0.15) is 0 Å². The number of sulfonamides is 1. The van der Waals surface area contributed by atoms with Crippen molar-refractivity contribution in [3.8, 4) is 0 Å². The minimum atomic E-state index is -3.37. The van der Waals surface area contributed by atoms with Crippen LogP contribution in [0.4, 0.5) is 5.69 Å². The predicted octanol–water partition coefficient (Wildman–Crippen LogP) is 2.83. The third-order valence-electron chi connectivity index (χ3n) is 3.03. The van der Waals surface area contributed by atoms with Crippen LogP contribution in [0.2, 0.25) is 5.02 Å². The van der Waals surface area contributed by atoms with Gasteiger partial charge >= 0.3 is 0 Å². The number of benzene rings is 1. The van der Waals surface area contributed by atoms with Crippen LogP contribution in [-0.2, 0) is 10.0 Å². The Balaban J connectivity index is 2.03. The fourth-order valence-corrected chi connectivity index (χ4v) is 4.48. The maximum Gasteiger partial charge on any atom is 0.234 e. The summed E-state index contributed by atoms with van der Waals surface area (Å²) < 4.78 is 27.7. The van der Waals surface area contributed by atoms with E-state index in [2.05, 4.69) is 32.6 Å². The number of hydrogen-bond acceptors (Lipinski definition) is 3. The lowest BCUT2D eigenvalue weighted by molar-refractivity contribution is 0.424. The Bertz CT molecular complexity index is 545. The van der Waals surface area contributed by atoms with E-state index < -0.39 is 10.0 Å². The molecule has 4 nitrogen and oxygen atoms in total. The van der Waals surface area contributed by atoms with Crippen LogP contribution >= 0.6 is 34.2 Å². The van der Waals surface area contributed by atoms with Crippen LogP contribution < -0.4 is 10.0 Å². The molecule has 2 rings (SSSR count). The summed E-state index contributed by atoms with van der Waals surface area (Å²) in [6, 6.07) is 5.28. The highest BCUT2D eigenvalue weighted by molar-refractivity contribution is 14.1. The fraction of sp³-hybridized carbons (Fsp3) is 0.500. The smallest absolute Gasteiger partial charge is 0.234 e. The number of hydrogen-bond donors (Lipinski definition) is 2. The van der Waals surface area contributed by atoms with E-state index in [1.807, 2.05) is 6.07 Å². The molecule has 1 unspecified atom stereocenters. The van der Waals surface area contributed by atoms with Crippen LogP contribution in [0.3, 0.4) is 0 Å². The van der Waals surface area contributed by atoms with Gasteiger partial charge in [0, 0.05) is 9.61 Å². The van der Waals surface area contributed by atoms with Gasteiger partial charge in [0.15, 0.2) is 0 Å². The molecule has 0 radical (unpaired) electrons. The van der Waals surface area contributed by atoms with Crippen molar-refractivity contribution in [2.24, 2.45) is 0 Å². The number of anilines is 1. The first kappa shape index (κ1) is 15.3. The molecule has 0 amide bonds. The van der Waals surface area contributed by atoms with Crippen LogP contribution in [0, 0.1) is 3.57 Å². The molecule has 106 valence electrons. The fourth-order valence-electron chi connectivity index (χ4n) is 2.11. The van der Waals surface area contributed by atoms with Gasteiger partial charge in [-0.3, -0.25) is 4.72 Å². The summed E-state index contributed by atoms with van der Waals surface area (Å²) in [5.74, 6) is 0.0926. The van der Waals surface area contributed by atoms with Gasteiger partial charge in [0.05, 0.1) is 16.5 Å². The van der Waals surface area contributed by atoms with Gasteiger partial charge < -0.3 is 5.32 Å². The van der Waals surface area contributed by atoms with Gasteiger partial charge in [-0.15, -0.1) is 0 Å². The average molecular weight is 415 g/mol. The van der Waals surface area contributed by atoms with Gasteiger partial charge in [0.1, 0.15) is 0 Å². The van der Waals surface area contributed by atoms with Crippen molar-refractivity contribution in [1.29, 1.82) is 0 Å². The van der Waals surface area contributed by atoms with Crippen LogP contribution in [0.5, 0.6) is 0 Å². The van der Waals surface area contributed by atoms with Crippen LogP contribution in [0.25, 0.3) is 0 Å². The van der Waals surface area contributed by atoms with E-state index in [0.29, 0.717) is 10.7 Å². The quantitative estimate of drug-likeness (QED) is 0.745. The van der Waals surface area contributed by atoms with Crippen LogP contribution in [0.15, 0.2) is 18.2 Å². The Morgan fingerprint density at radius 1 is 1.42 bits per heavy atom. The number of piperidine rings is 1. The van der Waals surface area contributed by atoms with E-state index in [9.17, 15) is 8.42 Å². The highest BCUT2D eigenvalue weighted by Gasteiger charge is 2.21.